The number of allylic oxidation sites excluding steroid dienone is 1. The lowest BCUT2D eigenvalue weighted by Gasteiger charge is -2.37. The van der Waals surface area contributed by atoms with Gasteiger partial charge in [-0.15, -0.1) is 0 Å². The fourth-order valence-electron chi connectivity index (χ4n) is 5.02. The van der Waals surface area contributed by atoms with Crippen LogP contribution in [0.15, 0.2) is 12.2 Å². The smallest absolute Gasteiger partial charge is 0.367 e. The average Bonchev–Trinajstić information content (AvgIpc) is 2.77. The zero-order valence-corrected chi connectivity index (χ0v) is 16.4. The van der Waals surface area contributed by atoms with Crippen molar-refractivity contribution in [2.24, 2.45) is 23.7 Å². The van der Waals surface area contributed by atoms with Crippen molar-refractivity contribution in [2.75, 3.05) is 20.5 Å². The molecule has 1 saturated carbocycles. The molecular formula is C19H32O4S. The fraction of sp³-hybridized carbons (Fsp3) is 0.842. The number of thioether (sulfide) groups is 1. The molecule has 0 radical (unpaired) electrons. The molecule has 0 saturated heterocycles. The number of ether oxygens (including phenoxy) is 3. The third-order valence-electron chi connectivity index (χ3n) is 6.03. The van der Waals surface area contributed by atoms with Gasteiger partial charge in [0.15, 0.2) is 5.79 Å². The van der Waals surface area contributed by atoms with Crippen LogP contribution in [0.25, 0.3) is 0 Å². The molecule has 5 atom stereocenters. The van der Waals surface area contributed by atoms with E-state index in [2.05, 4.69) is 26.0 Å². The zero-order chi connectivity index (χ0) is 17.7. The van der Waals surface area contributed by atoms with Gasteiger partial charge in [-0.3, -0.25) is 0 Å². The summed E-state index contributed by atoms with van der Waals surface area (Å²) in [5.74, 6) is 1.12. The lowest BCUT2D eigenvalue weighted by atomic mass is 9.78. The number of fused-ring (bicyclic) bond motifs is 1. The molecule has 0 bridgehead atoms. The van der Waals surface area contributed by atoms with Gasteiger partial charge in [-0.25, -0.2) is 4.79 Å². The highest BCUT2D eigenvalue weighted by molar-refractivity contribution is 8.12. The van der Waals surface area contributed by atoms with Gasteiger partial charge in [0, 0.05) is 26.1 Å². The van der Waals surface area contributed by atoms with Gasteiger partial charge < -0.3 is 14.2 Å². The van der Waals surface area contributed by atoms with Crippen LogP contribution in [0.4, 0.5) is 4.79 Å². The number of carbonyl (C=O) groups is 1. The fourth-order valence-corrected chi connectivity index (χ4v) is 5.24. The SMILES string of the molecule is CCCC1C2CC/C=C/C(OC(=O)SC)CC2C(C)C1(OC)OC. The molecule has 2 aliphatic carbocycles. The molecule has 0 aromatic rings. The van der Waals surface area contributed by atoms with Crippen LogP contribution in [-0.4, -0.2) is 37.7 Å². The quantitative estimate of drug-likeness (QED) is 0.399. The zero-order valence-electron chi connectivity index (χ0n) is 15.6. The van der Waals surface area contributed by atoms with Gasteiger partial charge >= 0.3 is 5.30 Å². The van der Waals surface area contributed by atoms with Gasteiger partial charge in [0.05, 0.1) is 0 Å². The Morgan fingerprint density at radius 1 is 1.29 bits per heavy atom. The number of carbonyl (C=O) groups excluding carboxylic acids is 1. The first-order chi connectivity index (χ1) is 11.5. The number of methoxy groups -OCH3 is 2. The second kappa shape index (κ2) is 8.72. The summed E-state index contributed by atoms with van der Waals surface area (Å²) in [6.07, 6.45) is 11.1. The van der Waals surface area contributed by atoms with Crippen LogP contribution in [0.5, 0.6) is 0 Å². The summed E-state index contributed by atoms with van der Waals surface area (Å²) in [5.41, 5.74) is 0. The van der Waals surface area contributed by atoms with Crippen molar-refractivity contribution in [1.29, 1.82) is 0 Å². The molecule has 4 nitrogen and oxygen atoms in total. The standard InChI is InChI=1S/C19H32O4S/c1-6-9-17-15-11-8-7-10-14(23-18(20)24-5)12-16(15)13(2)19(17,21-3)22-4/h7,10,13-17H,6,8-9,11-12H2,1-5H3/b10-7+. The first-order valence-corrected chi connectivity index (χ1v) is 10.3. The second-order valence-corrected chi connectivity index (χ2v) is 7.73. The molecule has 5 unspecified atom stereocenters. The molecule has 0 aromatic carbocycles. The summed E-state index contributed by atoms with van der Waals surface area (Å²) in [4.78, 5) is 11.7. The molecule has 0 heterocycles. The molecule has 1 fully saturated rings. The summed E-state index contributed by atoms with van der Waals surface area (Å²) >= 11 is 1.13. The van der Waals surface area contributed by atoms with E-state index < -0.39 is 5.79 Å². The average molecular weight is 357 g/mol. The summed E-state index contributed by atoms with van der Waals surface area (Å²) in [6.45, 7) is 4.46. The predicted molar refractivity (Wildman–Crippen MR) is 98.1 cm³/mol. The summed E-state index contributed by atoms with van der Waals surface area (Å²) < 4.78 is 17.6. The van der Waals surface area contributed by atoms with Crippen molar-refractivity contribution >= 4 is 17.1 Å². The van der Waals surface area contributed by atoms with Crippen LogP contribution in [0.3, 0.4) is 0 Å². The van der Waals surface area contributed by atoms with Crippen molar-refractivity contribution in [2.45, 2.75) is 57.8 Å². The Labute approximate surface area is 150 Å². The van der Waals surface area contributed by atoms with Crippen molar-refractivity contribution in [3.05, 3.63) is 12.2 Å². The maximum absolute atomic E-state index is 11.7. The second-order valence-electron chi connectivity index (χ2n) is 6.99. The number of rotatable bonds is 5. The van der Waals surface area contributed by atoms with Gasteiger partial charge in [-0.05, 0) is 61.6 Å². The topological polar surface area (TPSA) is 44.8 Å². The Morgan fingerprint density at radius 2 is 2.00 bits per heavy atom. The van der Waals surface area contributed by atoms with Crippen LogP contribution in [-0.2, 0) is 14.2 Å². The molecule has 138 valence electrons. The van der Waals surface area contributed by atoms with E-state index in [1.807, 2.05) is 0 Å². The van der Waals surface area contributed by atoms with Gasteiger partial charge in [-0.2, -0.15) is 0 Å². The van der Waals surface area contributed by atoms with E-state index in [0.717, 1.165) is 43.9 Å². The molecule has 0 N–H and O–H groups in total. The van der Waals surface area contributed by atoms with Crippen LogP contribution in [0, 0.1) is 23.7 Å². The van der Waals surface area contributed by atoms with Gasteiger partial charge in [0.25, 0.3) is 0 Å². The van der Waals surface area contributed by atoms with Gasteiger partial charge in [0.1, 0.15) is 6.10 Å². The Balaban J connectivity index is 2.28. The minimum atomic E-state index is -0.524. The molecule has 24 heavy (non-hydrogen) atoms. The van der Waals surface area contributed by atoms with Gasteiger partial charge in [-0.1, -0.05) is 26.3 Å². The van der Waals surface area contributed by atoms with E-state index in [1.54, 1.807) is 20.5 Å². The molecular weight excluding hydrogens is 324 g/mol. The van der Waals surface area contributed by atoms with E-state index in [9.17, 15) is 4.79 Å². The summed E-state index contributed by atoms with van der Waals surface area (Å²) in [5, 5.41) is -0.206. The largest absolute Gasteiger partial charge is 0.450 e. The Hall–Kier alpha value is -0.520. The molecule has 0 spiro atoms. The maximum Gasteiger partial charge on any atom is 0.367 e. The highest BCUT2D eigenvalue weighted by Gasteiger charge is 2.59. The Bertz CT molecular complexity index is 447. The molecule has 0 amide bonds. The monoisotopic (exact) mass is 356 g/mol. The van der Waals surface area contributed by atoms with Crippen molar-refractivity contribution in [3.63, 3.8) is 0 Å². The first-order valence-electron chi connectivity index (χ1n) is 9.05. The van der Waals surface area contributed by atoms with Crippen molar-refractivity contribution in [1.82, 2.24) is 0 Å². The Kier molecular flexibility index (Phi) is 7.20. The highest BCUT2D eigenvalue weighted by Crippen LogP contribution is 2.56. The van der Waals surface area contributed by atoms with E-state index >= 15 is 0 Å². The predicted octanol–water partition coefficient (Wildman–Crippen LogP) is 4.88. The van der Waals surface area contributed by atoms with Crippen LogP contribution in [0.1, 0.15) is 46.0 Å². The highest BCUT2D eigenvalue weighted by atomic mass is 32.2. The van der Waals surface area contributed by atoms with Crippen molar-refractivity contribution in [3.8, 4) is 0 Å². The maximum atomic E-state index is 11.7. The van der Waals surface area contributed by atoms with Crippen LogP contribution < -0.4 is 0 Å². The lowest BCUT2D eigenvalue weighted by Crippen LogP contribution is -2.44. The number of hydrogen-bond donors (Lipinski definition) is 0. The normalized spacial score (nSPS) is 36.5. The van der Waals surface area contributed by atoms with Crippen molar-refractivity contribution < 1.29 is 19.0 Å². The number of hydrogen-bond acceptors (Lipinski definition) is 5. The van der Waals surface area contributed by atoms with Crippen LogP contribution >= 0.6 is 11.8 Å². The van der Waals surface area contributed by atoms with E-state index in [0.29, 0.717) is 17.8 Å². The van der Waals surface area contributed by atoms with E-state index in [4.69, 9.17) is 14.2 Å². The molecule has 2 rings (SSSR count). The van der Waals surface area contributed by atoms with E-state index in [-0.39, 0.29) is 17.3 Å². The first kappa shape index (κ1) is 19.8. The third-order valence-corrected chi connectivity index (χ3v) is 6.46. The minimum Gasteiger partial charge on any atom is -0.450 e. The summed E-state index contributed by atoms with van der Waals surface area (Å²) in [7, 11) is 3.54. The Morgan fingerprint density at radius 3 is 2.58 bits per heavy atom. The molecule has 2 aliphatic rings. The third kappa shape index (κ3) is 3.68. The summed E-state index contributed by atoms with van der Waals surface area (Å²) in [6, 6.07) is 0. The van der Waals surface area contributed by atoms with Gasteiger partial charge in [0.2, 0.25) is 0 Å². The van der Waals surface area contributed by atoms with Crippen LogP contribution in [0.2, 0.25) is 0 Å². The molecule has 0 aliphatic heterocycles. The molecule has 0 aromatic heterocycles. The lowest BCUT2D eigenvalue weighted by molar-refractivity contribution is -0.255. The molecule has 5 heteroatoms. The van der Waals surface area contributed by atoms with E-state index in [1.165, 1.54) is 0 Å². The minimum absolute atomic E-state index is 0.146.